The predicted octanol–water partition coefficient (Wildman–Crippen LogP) is -0.134. The van der Waals surface area contributed by atoms with E-state index in [1.165, 1.54) is 17.2 Å². The lowest BCUT2D eigenvalue weighted by Crippen LogP contribution is -2.53. The number of nitrogens with zero attached hydrogens (tertiary/aromatic N) is 2. The average Bonchev–Trinajstić information content (AvgIpc) is 3.05. The number of carbonyl (C=O) groups is 3. The Morgan fingerprint density at radius 2 is 1.90 bits per heavy atom. The molecule has 1 saturated heterocycles. The molecule has 0 saturated carbocycles. The van der Waals surface area contributed by atoms with Gasteiger partial charge >= 0.3 is 11.8 Å². The highest BCUT2D eigenvalue weighted by atomic mass is 16.3. The van der Waals surface area contributed by atoms with E-state index in [0.717, 1.165) is 0 Å². The van der Waals surface area contributed by atoms with Crippen LogP contribution in [0.5, 0.6) is 0 Å². The summed E-state index contributed by atoms with van der Waals surface area (Å²) in [7, 11) is 0. The Labute approximate surface area is 122 Å². The van der Waals surface area contributed by atoms with Crippen LogP contribution in [0.1, 0.15) is 10.6 Å². The Bertz CT molecular complexity index is 530. The first-order chi connectivity index (χ1) is 10.1. The number of piperazine rings is 1. The zero-order chi connectivity index (χ0) is 15.2. The van der Waals surface area contributed by atoms with Gasteiger partial charge in [0.05, 0.1) is 6.26 Å². The molecule has 0 unspecified atom stereocenters. The van der Waals surface area contributed by atoms with Gasteiger partial charge < -0.3 is 19.5 Å². The SMILES string of the molecule is C=CCNC(=O)C(=O)N1CCN(C(=O)c2ccco2)CC1. The van der Waals surface area contributed by atoms with Gasteiger partial charge in [0.25, 0.3) is 5.91 Å². The summed E-state index contributed by atoms with van der Waals surface area (Å²) < 4.78 is 5.06. The molecule has 3 amide bonds. The van der Waals surface area contributed by atoms with Crippen molar-refractivity contribution >= 4 is 17.7 Å². The molecule has 0 aromatic carbocycles. The van der Waals surface area contributed by atoms with Crippen molar-refractivity contribution in [2.45, 2.75) is 0 Å². The second-order valence-electron chi connectivity index (χ2n) is 4.56. The first kappa shape index (κ1) is 14.8. The van der Waals surface area contributed by atoms with E-state index >= 15 is 0 Å². The molecule has 112 valence electrons. The lowest BCUT2D eigenvalue weighted by Gasteiger charge is -2.33. The van der Waals surface area contributed by atoms with E-state index in [-0.39, 0.29) is 18.2 Å². The number of furan rings is 1. The van der Waals surface area contributed by atoms with Gasteiger partial charge in [0, 0.05) is 32.7 Å². The fourth-order valence-corrected chi connectivity index (χ4v) is 2.05. The van der Waals surface area contributed by atoms with E-state index in [4.69, 9.17) is 4.42 Å². The molecule has 1 aliphatic rings. The van der Waals surface area contributed by atoms with E-state index in [0.29, 0.717) is 26.2 Å². The van der Waals surface area contributed by atoms with Crippen LogP contribution >= 0.6 is 0 Å². The third-order valence-corrected chi connectivity index (χ3v) is 3.19. The summed E-state index contributed by atoms with van der Waals surface area (Å²) in [5.41, 5.74) is 0. The molecule has 2 heterocycles. The first-order valence-electron chi connectivity index (χ1n) is 6.64. The monoisotopic (exact) mass is 291 g/mol. The molecule has 0 spiro atoms. The molecule has 2 rings (SSSR count). The molecular formula is C14H17N3O4. The molecular weight excluding hydrogens is 274 g/mol. The molecule has 0 bridgehead atoms. The second kappa shape index (κ2) is 6.74. The van der Waals surface area contributed by atoms with Gasteiger partial charge in [-0.3, -0.25) is 14.4 Å². The van der Waals surface area contributed by atoms with Crippen molar-refractivity contribution in [2.75, 3.05) is 32.7 Å². The zero-order valence-corrected chi connectivity index (χ0v) is 11.6. The molecule has 1 fully saturated rings. The maximum Gasteiger partial charge on any atom is 0.312 e. The van der Waals surface area contributed by atoms with Crippen LogP contribution in [-0.2, 0) is 9.59 Å². The molecule has 0 aliphatic carbocycles. The van der Waals surface area contributed by atoms with Gasteiger partial charge in [-0.2, -0.15) is 0 Å². The van der Waals surface area contributed by atoms with Crippen LogP contribution in [0.15, 0.2) is 35.5 Å². The minimum atomic E-state index is -0.652. The lowest BCUT2D eigenvalue weighted by molar-refractivity contribution is -0.146. The smallest absolute Gasteiger partial charge is 0.312 e. The fourth-order valence-electron chi connectivity index (χ4n) is 2.05. The predicted molar refractivity (Wildman–Crippen MR) is 74.4 cm³/mol. The molecule has 1 aliphatic heterocycles. The van der Waals surface area contributed by atoms with Crippen molar-refractivity contribution in [1.29, 1.82) is 0 Å². The number of hydrogen-bond acceptors (Lipinski definition) is 4. The largest absolute Gasteiger partial charge is 0.459 e. The standard InChI is InChI=1S/C14H17N3O4/c1-2-5-15-12(18)14(20)17-8-6-16(7-9-17)13(19)11-4-3-10-21-11/h2-4,10H,1,5-9H2,(H,15,18). The van der Waals surface area contributed by atoms with Crippen molar-refractivity contribution in [3.8, 4) is 0 Å². The highest BCUT2D eigenvalue weighted by Gasteiger charge is 2.28. The van der Waals surface area contributed by atoms with Gasteiger partial charge in [-0.25, -0.2) is 0 Å². The molecule has 1 aromatic heterocycles. The molecule has 7 nitrogen and oxygen atoms in total. The second-order valence-corrected chi connectivity index (χ2v) is 4.56. The molecule has 0 radical (unpaired) electrons. The quantitative estimate of drug-likeness (QED) is 0.621. The Balaban J connectivity index is 1.85. The number of amides is 3. The maximum atomic E-state index is 12.1. The Morgan fingerprint density at radius 1 is 1.24 bits per heavy atom. The lowest BCUT2D eigenvalue weighted by atomic mass is 10.2. The van der Waals surface area contributed by atoms with Gasteiger partial charge in [0.1, 0.15) is 0 Å². The van der Waals surface area contributed by atoms with Gasteiger partial charge in [0.2, 0.25) is 0 Å². The maximum absolute atomic E-state index is 12.1. The van der Waals surface area contributed by atoms with Crippen molar-refractivity contribution < 1.29 is 18.8 Å². The van der Waals surface area contributed by atoms with Crippen LogP contribution in [0.4, 0.5) is 0 Å². The minimum absolute atomic E-state index is 0.205. The third kappa shape index (κ3) is 3.50. The van der Waals surface area contributed by atoms with Crippen LogP contribution in [-0.4, -0.2) is 60.2 Å². The van der Waals surface area contributed by atoms with E-state index < -0.39 is 11.8 Å². The summed E-state index contributed by atoms with van der Waals surface area (Å²) in [5, 5.41) is 2.44. The molecule has 1 aromatic rings. The number of rotatable bonds is 3. The van der Waals surface area contributed by atoms with Crippen LogP contribution in [0.25, 0.3) is 0 Å². The number of hydrogen-bond donors (Lipinski definition) is 1. The molecule has 21 heavy (non-hydrogen) atoms. The van der Waals surface area contributed by atoms with Gasteiger partial charge in [-0.05, 0) is 12.1 Å². The Morgan fingerprint density at radius 3 is 2.48 bits per heavy atom. The molecule has 0 atom stereocenters. The van der Waals surface area contributed by atoms with E-state index in [1.54, 1.807) is 17.0 Å². The normalized spacial score (nSPS) is 14.7. The van der Waals surface area contributed by atoms with Crippen LogP contribution in [0.3, 0.4) is 0 Å². The van der Waals surface area contributed by atoms with E-state index in [2.05, 4.69) is 11.9 Å². The summed E-state index contributed by atoms with van der Waals surface area (Å²) in [6.07, 6.45) is 2.95. The van der Waals surface area contributed by atoms with Crippen molar-refractivity contribution in [1.82, 2.24) is 15.1 Å². The Hall–Kier alpha value is -2.57. The first-order valence-corrected chi connectivity index (χ1v) is 6.64. The topological polar surface area (TPSA) is 82.9 Å². The molecule has 1 N–H and O–H groups in total. The molecule has 7 heteroatoms. The van der Waals surface area contributed by atoms with Crippen LogP contribution in [0, 0.1) is 0 Å². The fraction of sp³-hybridized carbons (Fsp3) is 0.357. The number of carbonyl (C=O) groups excluding carboxylic acids is 3. The van der Waals surface area contributed by atoms with Crippen LogP contribution < -0.4 is 5.32 Å². The highest BCUT2D eigenvalue weighted by Crippen LogP contribution is 2.09. The van der Waals surface area contributed by atoms with E-state index in [9.17, 15) is 14.4 Å². The number of nitrogens with one attached hydrogen (secondary N) is 1. The summed E-state index contributed by atoms with van der Waals surface area (Å²) in [6, 6.07) is 3.25. The summed E-state index contributed by atoms with van der Waals surface area (Å²) in [4.78, 5) is 38.5. The zero-order valence-electron chi connectivity index (χ0n) is 11.6. The summed E-state index contributed by atoms with van der Waals surface area (Å²) in [6.45, 7) is 5.12. The summed E-state index contributed by atoms with van der Waals surface area (Å²) >= 11 is 0. The van der Waals surface area contributed by atoms with Crippen LogP contribution in [0.2, 0.25) is 0 Å². The van der Waals surface area contributed by atoms with Gasteiger partial charge in [-0.15, -0.1) is 6.58 Å². The van der Waals surface area contributed by atoms with Gasteiger partial charge in [-0.1, -0.05) is 6.08 Å². The summed E-state index contributed by atoms with van der Waals surface area (Å²) in [5.74, 6) is -1.16. The highest BCUT2D eigenvalue weighted by molar-refractivity contribution is 6.35. The van der Waals surface area contributed by atoms with Gasteiger partial charge in [0.15, 0.2) is 5.76 Å². The minimum Gasteiger partial charge on any atom is -0.459 e. The Kier molecular flexibility index (Phi) is 4.76. The van der Waals surface area contributed by atoms with Crippen molar-refractivity contribution in [3.05, 3.63) is 36.8 Å². The average molecular weight is 291 g/mol. The third-order valence-electron chi connectivity index (χ3n) is 3.19. The van der Waals surface area contributed by atoms with Crippen molar-refractivity contribution in [2.24, 2.45) is 0 Å². The van der Waals surface area contributed by atoms with E-state index in [1.807, 2.05) is 0 Å². The van der Waals surface area contributed by atoms with Crippen molar-refractivity contribution in [3.63, 3.8) is 0 Å².